The van der Waals surface area contributed by atoms with Gasteiger partial charge in [0.25, 0.3) is 0 Å². The number of nitrogens with zero attached hydrogens (tertiary/aromatic N) is 2. The molecule has 1 fully saturated rings. The van der Waals surface area contributed by atoms with E-state index in [4.69, 9.17) is 9.84 Å². The number of aliphatic imine (C=N–C) groups is 1. The van der Waals surface area contributed by atoms with Gasteiger partial charge in [-0.25, -0.2) is 4.99 Å². The van der Waals surface area contributed by atoms with E-state index < -0.39 is 5.25 Å². The maximum absolute atomic E-state index is 12.8. The summed E-state index contributed by atoms with van der Waals surface area (Å²) in [7, 11) is 0. The summed E-state index contributed by atoms with van der Waals surface area (Å²) >= 11 is 1.26. The predicted octanol–water partition coefficient (Wildman–Crippen LogP) is 3.43. The molecular formula is C22H25N3O4S. The third-order valence-electron chi connectivity index (χ3n) is 4.39. The molecule has 1 atom stereocenters. The number of aliphatic hydroxyl groups excluding tert-OH is 1. The van der Waals surface area contributed by atoms with Gasteiger partial charge in [0.05, 0.1) is 12.3 Å². The number of hydrogen-bond acceptors (Lipinski definition) is 6. The number of aliphatic hydroxyl groups is 1. The van der Waals surface area contributed by atoms with Gasteiger partial charge in [0.1, 0.15) is 11.0 Å². The van der Waals surface area contributed by atoms with Crippen LogP contribution >= 0.6 is 11.8 Å². The van der Waals surface area contributed by atoms with Crippen LogP contribution < -0.4 is 10.1 Å². The minimum absolute atomic E-state index is 0.0191. The molecule has 1 unspecified atom stereocenters. The van der Waals surface area contributed by atoms with Crippen LogP contribution in [-0.2, 0) is 9.59 Å². The fraction of sp³-hybridized carbons (Fsp3) is 0.318. The van der Waals surface area contributed by atoms with Gasteiger partial charge < -0.3 is 15.2 Å². The zero-order chi connectivity index (χ0) is 21.3. The SMILES string of the molecule is CCOc1ccc(NC(=O)C2CC(=O)N(CCCO)C(=Nc3ccccc3)S2)cc1. The van der Waals surface area contributed by atoms with Crippen LogP contribution in [0.2, 0.25) is 0 Å². The quantitative estimate of drug-likeness (QED) is 0.674. The highest BCUT2D eigenvalue weighted by Gasteiger charge is 2.35. The van der Waals surface area contributed by atoms with Gasteiger partial charge in [-0.2, -0.15) is 0 Å². The minimum Gasteiger partial charge on any atom is -0.494 e. The van der Waals surface area contributed by atoms with E-state index in [1.807, 2.05) is 37.3 Å². The molecule has 0 saturated carbocycles. The van der Waals surface area contributed by atoms with Crippen molar-refractivity contribution in [1.82, 2.24) is 4.90 Å². The maximum Gasteiger partial charge on any atom is 0.238 e. The van der Waals surface area contributed by atoms with Crippen molar-refractivity contribution in [3.05, 3.63) is 54.6 Å². The second kappa shape index (κ2) is 10.8. The van der Waals surface area contributed by atoms with E-state index in [1.54, 1.807) is 29.2 Å². The molecule has 1 aliphatic rings. The number of benzene rings is 2. The Balaban J connectivity index is 1.74. The van der Waals surface area contributed by atoms with Crippen LogP contribution in [0.1, 0.15) is 19.8 Å². The second-order valence-corrected chi connectivity index (χ2v) is 7.78. The van der Waals surface area contributed by atoms with Gasteiger partial charge in [0, 0.05) is 25.3 Å². The van der Waals surface area contributed by atoms with Crippen molar-refractivity contribution in [1.29, 1.82) is 0 Å². The van der Waals surface area contributed by atoms with Crippen LogP contribution in [0.15, 0.2) is 59.6 Å². The lowest BCUT2D eigenvalue weighted by Gasteiger charge is -2.31. The van der Waals surface area contributed by atoms with E-state index in [0.717, 1.165) is 5.75 Å². The third kappa shape index (κ3) is 5.84. The lowest BCUT2D eigenvalue weighted by Crippen LogP contribution is -2.45. The first-order chi connectivity index (χ1) is 14.6. The van der Waals surface area contributed by atoms with Crippen molar-refractivity contribution < 1.29 is 19.4 Å². The Morgan fingerprint density at radius 3 is 2.63 bits per heavy atom. The zero-order valence-corrected chi connectivity index (χ0v) is 17.6. The number of carbonyl (C=O) groups is 2. The molecule has 0 bridgehead atoms. The van der Waals surface area contributed by atoms with Crippen molar-refractivity contribution in [2.24, 2.45) is 4.99 Å². The van der Waals surface area contributed by atoms with Crippen molar-refractivity contribution in [3.8, 4) is 5.75 Å². The second-order valence-electron chi connectivity index (χ2n) is 6.61. The summed E-state index contributed by atoms with van der Waals surface area (Å²) in [5, 5.41) is 11.9. The number of amidine groups is 1. The molecule has 0 aliphatic carbocycles. The van der Waals surface area contributed by atoms with Crippen LogP contribution in [0, 0.1) is 0 Å². The number of hydrogen-bond donors (Lipinski definition) is 2. The molecule has 1 heterocycles. The molecule has 7 nitrogen and oxygen atoms in total. The number of para-hydroxylation sites is 1. The average molecular weight is 428 g/mol. The summed E-state index contributed by atoms with van der Waals surface area (Å²) in [6.45, 7) is 2.82. The Labute approximate surface area is 180 Å². The first-order valence-electron chi connectivity index (χ1n) is 9.86. The fourth-order valence-corrected chi connectivity index (χ4v) is 4.05. The molecule has 0 aromatic heterocycles. The number of ether oxygens (including phenoxy) is 1. The van der Waals surface area contributed by atoms with Gasteiger partial charge in [0.15, 0.2) is 5.17 Å². The van der Waals surface area contributed by atoms with Crippen LogP contribution in [-0.4, -0.2) is 52.0 Å². The summed E-state index contributed by atoms with van der Waals surface area (Å²) in [4.78, 5) is 31.7. The van der Waals surface area contributed by atoms with Crippen LogP contribution in [0.5, 0.6) is 5.75 Å². The third-order valence-corrected chi connectivity index (χ3v) is 5.57. The highest BCUT2D eigenvalue weighted by atomic mass is 32.2. The number of rotatable bonds is 8. The van der Waals surface area contributed by atoms with Crippen molar-refractivity contribution in [3.63, 3.8) is 0 Å². The van der Waals surface area contributed by atoms with Gasteiger partial charge in [0.2, 0.25) is 11.8 Å². The molecule has 2 N–H and O–H groups in total. The largest absolute Gasteiger partial charge is 0.494 e. The Morgan fingerprint density at radius 1 is 1.23 bits per heavy atom. The van der Waals surface area contributed by atoms with E-state index in [2.05, 4.69) is 10.3 Å². The Hall–Kier alpha value is -2.84. The summed E-state index contributed by atoms with van der Waals surface area (Å²) in [5.74, 6) is 0.304. The van der Waals surface area contributed by atoms with E-state index in [9.17, 15) is 9.59 Å². The molecule has 2 aromatic rings. The molecule has 30 heavy (non-hydrogen) atoms. The Morgan fingerprint density at radius 2 is 1.97 bits per heavy atom. The topological polar surface area (TPSA) is 91.2 Å². The summed E-state index contributed by atoms with van der Waals surface area (Å²) < 4.78 is 5.41. The predicted molar refractivity (Wildman–Crippen MR) is 119 cm³/mol. The van der Waals surface area contributed by atoms with Crippen LogP contribution in [0.3, 0.4) is 0 Å². The van der Waals surface area contributed by atoms with Crippen LogP contribution in [0.4, 0.5) is 11.4 Å². The first-order valence-corrected chi connectivity index (χ1v) is 10.7. The van der Waals surface area contributed by atoms with Gasteiger partial charge >= 0.3 is 0 Å². The van der Waals surface area contributed by atoms with E-state index in [-0.39, 0.29) is 24.8 Å². The number of thioether (sulfide) groups is 1. The van der Waals surface area contributed by atoms with Gasteiger partial charge in [-0.1, -0.05) is 30.0 Å². The standard InChI is InChI=1S/C22H25N3O4S/c1-2-29-18-11-9-17(10-12-18)23-21(28)19-15-20(27)25(13-6-14-26)22(30-19)24-16-7-4-3-5-8-16/h3-5,7-12,19,26H,2,6,13-15H2,1H3,(H,23,28). The number of amides is 2. The number of carbonyl (C=O) groups excluding carboxylic acids is 2. The molecule has 2 amide bonds. The van der Waals surface area contributed by atoms with Crippen molar-refractivity contribution >= 4 is 40.1 Å². The first kappa shape index (κ1) is 21.9. The fourth-order valence-electron chi connectivity index (χ4n) is 2.93. The molecule has 0 spiro atoms. The maximum atomic E-state index is 12.8. The number of anilines is 1. The highest BCUT2D eigenvalue weighted by Crippen LogP contribution is 2.30. The van der Waals surface area contributed by atoms with Gasteiger partial charge in [-0.15, -0.1) is 0 Å². The van der Waals surface area contributed by atoms with Crippen molar-refractivity contribution in [2.75, 3.05) is 25.1 Å². The molecule has 2 aromatic carbocycles. The molecule has 3 rings (SSSR count). The zero-order valence-electron chi connectivity index (χ0n) is 16.8. The molecule has 1 saturated heterocycles. The average Bonchev–Trinajstić information content (AvgIpc) is 2.75. The van der Waals surface area contributed by atoms with E-state index in [0.29, 0.717) is 36.1 Å². The number of nitrogens with one attached hydrogen (secondary N) is 1. The summed E-state index contributed by atoms with van der Waals surface area (Å²) in [6, 6.07) is 16.4. The molecule has 0 radical (unpaired) electrons. The normalized spacial score (nSPS) is 17.8. The molecule has 1 aliphatic heterocycles. The van der Waals surface area contributed by atoms with E-state index >= 15 is 0 Å². The Bertz CT molecular complexity index is 887. The molecule has 8 heteroatoms. The van der Waals surface area contributed by atoms with Gasteiger partial charge in [-0.05, 0) is 49.7 Å². The summed E-state index contributed by atoms with van der Waals surface area (Å²) in [5.41, 5.74) is 1.34. The molecular weight excluding hydrogens is 402 g/mol. The van der Waals surface area contributed by atoms with Crippen LogP contribution in [0.25, 0.3) is 0 Å². The summed E-state index contributed by atoms with van der Waals surface area (Å²) in [6.07, 6.45) is 0.524. The van der Waals surface area contributed by atoms with E-state index in [1.165, 1.54) is 11.8 Å². The monoisotopic (exact) mass is 427 g/mol. The molecule has 158 valence electrons. The smallest absolute Gasteiger partial charge is 0.238 e. The Kier molecular flexibility index (Phi) is 7.87. The minimum atomic E-state index is -0.586. The lowest BCUT2D eigenvalue weighted by molar-refractivity contribution is -0.129. The lowest BCUT2D eigenvalue weighted by atomic mass is 10.2. The van der Waals surface area contributed by atoms with Gasteiger partial charge in [-0.3, -0.25) is 14.5 Å². The highest BCUT2D eigenvalue weighted by molar-refractivity contribution is 8.15. The van der Waals surface area contributed by atoms with Crippen molar-refractivity contribution in [2.45, 2.75) is 25.0 Å².